The highest BCUT2D eigenvalue weighted by atomic mass is 19.4. The Morgan fingerprint density at radius 3 is 2.54 bits per heavy atom. The van der Waals surface area contributed by atoms with Crippen LogP contribution in [0.1, 0.15) is 36.9 Å². The molecule has 0 amide bonds. The van der Waals surface area contributed by atoms with Crippen LogP contribution in [0, 0.1) is 5.41 Å². The number of anilines is 2. The number of carbonyl (C=O) groups is 1. The van der Waals surface area contributed by atoms with Crippen LogP contribution in [0.5, 0.6) is 0 Å². The van der Waals surface area contributed by atoms with Gasteiger partial charge in [-0.3, -0.25) is 4.79 Å². The Morgan fingerprint density at radius 1 is 1.27 bits per heavy atom. The number of alkyl halides is 3. The standard InChI is InChI=1S/C17H20F3N5O.H2/c1-16(2,8-21)9-24-12-6-5-11(17(18,19)20)13(25-12)14(26)10-4-3-7-23-15(10)22;/h3-7H,8-9,21H2,1-2H3,(H2,22,23)(H,24,25);1H. The number of aromatic nitrogens is 2. The van der Waals surface area contributed by atoms with Gasteiger partial charge in [-0.05, 0) is 36.2 Å². The van der Waals surface area contributed by atoms with Crippen LogP contribution >= 0.6 is 0 Å². The largest absolute Gasteiger partial charge is 0.418 e. The monoisotopic (exact) mass is 369 g/mol. The maximum absolute atomic E-state index is 13.3. The Hall–Kier alpha value is -2.68. The Labute approximate surface area is 150 Å². The molecule has 0 bridgehead atoms. The smallest absolute Gasteiger partial charge is 0.383 e. The first-order valence-electron chi connectivity index (χ1n) is 7.82. The van der Waals surface area contributed by atoms with Crippen molar-refractivity contribution in [1.29, 1.82) is 0 Å². The van der Waals surface area contributed by atoms with E-state index < -0.39 is 23.2 Å². The number of hydrogen-bond acceptors (Lipinski definition) is 6. The molecule has 0 atom stereocenters. The molecule has 9 heteroatoms. The first-order chi connectivity index (χ1) is 12.0. The molecule has 2 aromatic heterocycles. The quantitative estimate of drug-likeness (QED) is 0.676. The van der Waals surface area contributed by atoms with Crippen molar-refractivity contribution in [3.8, 4) is 0 Å². The number of rotatable bonds is 6. The number of nitrogens with zero attached hydrogens (tertiary/aromatic N) is 2. The predicted octanol–water partition coefficient (Wildman–Crippen LogP) is 2.95. The summed E-state index contributed by atoms with van der Waals surface area (Å²) in [6, 6.07) is 4.73. The summed E-state index contributed by atoms with van der Waals surface area (Å²) in [5.41, 5.74) is 8.97. The summed E-state index contributed by atoms with van der Waals surface area (Å²) in [6.07, 6.45) is -3.39. The minimum atomic E-state index is -4.73. The van der Waals surface area contributed by atoms with E-state index in [4.69, 9.17) is 11.5 Å². The topological polar surface area (TPSA) is 107 Å². The molecule has 0 aliphatic heterocycles. The molecule has 0 unspecified atom stereocenters. The first-order valence-corrected chi connectivity index (χ1v) is 7.82. The molecule has 0 aliphatic carbocycles. The summed E-state index contributed by atoms with van der Waals surface area (Å²) >= 11 is 0. The first kappa shape index (κ1) is 19.6. The number of halogens is 3. The summed E-state index contributed by atoms with van der Waals surface area (Å²) in [5.74, 6) is -0.954. The zero-order chi connectivity index (χ0) is 19.5. The molecular weight excluding hydrogens is 347 g/mol. The van der Waals surface area contributed by atoms with Gasteiger partial charge >= 0.3 is 6.18 Å². The van der Waals surface area contributed by atoms with E-state index in [0.717, 1.165) is 6.07 Å². The molecule has 142 valence electrons. The van der Waals surface area contributed by atoms with Gasteiger partial charge < -0.3 is 16.8 Å². The number of nitrogen functional groups attached to an aromatic ring is 1. The van der Waals surface area contributed by atoms with E-state index in [0.29, 0.717) is 13.1 Å². The minimum absolute atomic E-state index is 0. The molecule has 0 fully saturated rings. The van der Waals surface area contributed by atoms with Gasteiger partial charge in [0.2, 0.25) is 5.78 Å². The normalized spacial score (nSPS) is 12.1. The highest BCUT2D eigenvalue weighted by molar-refractivity contribution is 6.11. The van der Waals surface area contributed by atoms with Crippen molar-refractivity contribution >= 4 is 17.4 Å². The van der Waals surface area contributed by atoms with Gasteiger partial charge in [-0.2, -0.15) is 13.2 Å². The van der Waals surface area contributed by atoms with Crippen molar-refractivity contribution in [2.24, 2.45) is 11.1 Å². The molecule has 2 rings (SSSR count). The molecule has 2 heterocycles. The molecule has 0 aliphatic rings. The van der Waals surface area contributed by atoms with Gasteiger partial charge in [0.05, 0.1) is 11.1 Å². The number of carbonyl (C=O) groups excluding carboxylic acids is 1. The van der Waals surface area contributed by atoms with Crippen molar-refractivity contribution < 1.29 is 19.4 Å². The summed E-state index contributed by atoms with van der Waals surface area (Å²) in [5, 5.41) is 2.92. The molecule has 5 N–H and O–H groups in total. The Morgan fingerprint density at radius 2 is 1.96 bits per heavy atom. The van der Waals surface area contributed by atoms with Crippen molar-refractivity contribution in [3.63, 3.8) is 0 Å². The van der Waals surface area contributed by atoms with Gasteiger partial charge in [0.15, 0.2) is 0 Å². The zero-order valence-corrected chi connectivity index (χ0v) is 14.4. The highest BCUT2D eigenvalue weighted by Crippen LogP contribution is 2.33. The van der Waals surface area contributed by atoms with Crippen LogP contribution in [-0.2, 0) is 6.18 Å². The fourth-order valence-corrected chi connectivity index (χ4v) is 2.10. The van der Waals surface area contributed by atoms with Gasteiger partial charge in [-0.15, -0.1) is 0 Å². The number of nitrogens with one attached hydrogen (secondary N) is 1. The van der Waals surface area contributed by atoms with E-state index in [1.165, 1.54) is 24.4 Å². The third-order valence-electron chi connectivity index (χ3n) is 3.80. The maximum atomic E-state index is 13.3. The van der Waals surface area contributed by atoms with Crippen LogP contribution in [0.3, 0.4) is 0 Å². The molecule has 0 spiro atoms. The highest BCUT2D eigenvalue weighted by Gasteiger charge is 2.37. The van der Waals surface area contributed by atoms with E-state index in [9.17, 15) is 18.0 Å². The van der Waals surface area contributed by atoms with Crippen molar-refractivity contribution in [3.05, 3.63) is 47.3 Å². The Kier molecular flexibility index (Phi) is 5.50. The van der Waals surface area contributed by atoms with Crippen LogP contribution in [0.15, 0.2) is 30.5 Å². The molecule has 2 aromatic rings. The lowest BCUT2D eigenvalue weighted by Crippen LogP contribution is -2.31. The van der Waals surface area contributed by atoms with Crippen LogP contribution in [-0.4, -0.2) is 28.8 Å². The van der Waals surface area contributed by atoms with Gasteiger partial charge in [0, 0.05) is 14.2 Å². The second-order valence-corrected chi connectivity index (χ2v) is 6.58. The van der Waals surface area contributed by atoms with E-state index in [-0.39, 0.29) is 24.0 Å². The van der Waals surface area contributed by atoms with Crippen molar-refractivity contribution in [1.82, 2.24) is 9.97 Å². The van der Waals surface area contributed by atoms with E-state index in [1.54, 1.807) is 0 Å². The average molecular weight is 369 g/mol. The molecule has 0 saturated carbocycles. The number of hydrogen-bond donors (Lipinski definition) is 3. The molecule has 26 heavy (non-hydrogen) atoms. The predicted molar refractivity (Wildman–Crippen MR) is 94.8 cm³/mol. The van der Waals surface area contributed by atoms with Crippen LogP contribution in [0.2, 0.25) is 0 Å². The second-order valence-electron chi connectivity index (χ2n) is 6.58. The van der Waals surface area contributed by atoms with Gasteiger partial charge in [-0.1, -0.05) is 13.8 Å². The lowest BCUT2D eigenvalue weighted by atomic mass is 9.94. The van der Waals surface area contributed by atoms with Crippen molar-refractivity contribution in [2.75, 3.05) is 24.1 Å². The summed E-state index contributed by atoms with van der Waals surface area (Å²) in [7, 11) is 0. The van der Waals surface area contributed by atoms with Crippen LogP contribution < -0.4 is 16.8 Å². The van der Waals surface area contributed by atoms with Gasteiger partial charge in [-0.25, -0.2) is 9.97 Å². The molecule has 6 nitrogen and oxygen atoms in total. The molecule has 0 saturated heterocycles. The fraction of sp³-hybridized carbons (Fsp3) is 0.353. The fourth-order valence-electron chi connectivity index (χ4n) is 2.10. The lowest BCUT2D eigenvalue weighted by molar-refractivity contribution is -0.138. The number of pyridine rings is 2. The summed E-state index contributed by atoms with van der Waals surface area (Å²) in [4.78, 5) is 20.2. The summed E-state index contributed by atoms with van der Waals surface area (Å²) < 4.78 is 39.9. The second kappa shape index (κ2) is 7.28. The Bertz CT molecular complexity index is 811. The van der Waals surface area contributed by atoms with Crippen LogP contribution in [0.4, 0.5) is 24.8 Å². The van der Waals surface area contributed by atoms with Gasteiger partial charge in [0.1, 0.15) is 17.3 Å². The molecule has 0 radical (unpaired) electrons. The maximum Gasteiger partial charge on any atom is 0.418 e. The van der Waals surface area contributed by atoms with Gasteiger partial charge in [0.25, 0.3) is 0 Å². The molecule has 0 aromatic carbocycles. The minimum Gasteiger partial charge on any atom is -0.383 e. The number of nitrogens with two attached hydrogens (primary N) is 2. The zero-order valence-electron chi connectivity index (χ0n) is 14.4. The van der Waals surface area contributed by atoms with E-state index in [1.807, 2.05) is 13.8 Å². The average Bonchev–Trinajstić information content (AvgIpc) is 2.59. The summed E-state index contributed by atoms with van der Waals surface area (Å²) in [6.45, 7) is 4.54. The lowest BCUT2D eigenvalue weighted by Gasteiger charge is -2.23. The van der Waals surface area contributed by atoms with E-state index in [2.05, 4.69) is 15.3 Å². The van der Waals surface area contributed by atoms with E-state index >= 15 is 0 Å². The van der Waals surface area contributed by atoms with Crippen molar-refractivity contribution in [2.45, 2.75) is 20.0 Å². The van der Waals surface area contributed by atoms with Crippen LogP contribution in [0.25, 0.3) is 0 Å². The SMILES string of the molecule is CC(C)(CN)CNc1ccc(C(F)(F)F)c(C(=O)c2cccnc2N)n1.[HH]. The number of ketones is 1. The Balaban J connectivity index is 0.00000364. The molecular formula is C17H22F3N5O. The third-order valence-corrected chi connectivity index (χ3v) is 3.80. The third kappa shape index (κ3) is 4.48.